The number of aliphatic carboxylic acids is 1. The summed E-state index contributed by atoms with van der Waals surface area (Å²) in [5.74, 6) is -0.624. The Hall–Kier alpha value is -2.11. The van der Waals surface area contributed by atoms with Crippen molar-refractivity contribution in [2.24, 2.45) is 0 Å². The van der Waals surface area contributed by atoms with Gasteiger partial charge in [0, 0.05) is 26.2 Å². The third kappa shape index (κ3) is 4.04. The predicted octanol–water partition coefficient (Wildman–Crippen LogP) is 1.17. The molecule has 0 aromatic carbocycles. The van der Waals surface area contributed by atoms with E-state index in [2.05, 4.69) is 9.72 Å². The molecule has 0 amide bonds. The van der Waals surface area contributed by atoms with Gasteiger partial charge < -0.3 is 14.7 Å². The average molecular weight is 252 g/mol. The number of methoxy groups -OCH3 is 1. The Kier molecular flexibility index (Phi) is 5.10. The van der Waals surface area contributed by atoms with E-state index >= 15 is 0 Å². The quantitative estimate of drug-likeness (QED) is 0.765. The van der Waals surface area contributed by atoms with E-state index in [1.54, 1.807) is 24.1 Å². The van der Waals surface area contributed by atoms with Gasteiger partial charge >= 0.3 is 11.9 Å². The van der Waals surface area contributed by atoms with Crippen LogP contribution in [-0.2, 0) is 9.53 Å². The van der Waals surface area contributed by atoms with Gasteiger partial charge in [-0.15, -0.1) is 0 Å². The number of carbonyl (C=O) groups excluding carboxylic acids is 1. The minimum Gasteiger partial charge on any atom is -0.481 e. The van der Waals surface area contributed by atoms with Crippen LogP contribution in [0.3, 0.4) is 0 Å². The number of pyridine rings is 1. The fourth-order valence-electron chi connectivity index (χ4n) is 1.45. The van der Waals surface area contributed by atoms with E-state index in [1.807, 2.05) is 0 Å². The first-order valence-corrected chi connectivity index (χ1v) is 5.52. The van der Waals surface area contributed by atoms with Gasteiger partial charge in [-0.05, 0) is 18.6 Å². The maximum atomic E-state index is 11.3. The van der Waals surface area contributed by atoms with E-state index < -0.39 is 11.9 Å². The second-order valence-corrected chi connectivity index (χ2v) is 3.81. The summed E-state index contributed by atoms with van der Waals surface area (Å²) >= 11 is 0. The van der Waals surface area contributed by atoms with E-state index in [-0.39, 0.29) is 6.42 Å². The standard InChI is InChI=1S/C12H16N2O4/c1-14(7-3-4-11(15)16)10-8-9(5-6-13-10)12(17)18-2/h5-6,8H,3-4,7H2,1-2H3,(H,15,16). The molecule has 98 valence electrons. The number of carboxylic acids is 1. The summed E-state index contributed by atoms with van der Waals surface area (Å²) in [6, 6.07) is 3.19. The first-order chi connectivity index (χ1) is 8.54. The molecule has 0 aliphatic carbocycles. The largest absolute Gasteiger partial charge is 0.481 e. The molecule has 0 radical (unpaired) electrons. The Balaban J connectivity index is 2.65. The highest BCUT2D eigenvalue weighted by atomic mass is 16.5. The van der Waals surface area contributed by atoms with Gasteiger partial charge in [-0.2, -0.15) is 0 Å². The number of carbonyl (C=O) groups is 2. The van der Waals surface area contributed by atoms with Crippen molar-refractivity contribution in [3.8, 4) is 0 Å². The predicted molar refractivity (Wildman–Crippen MR) is 65.7 cm³/mol. The van der Waals surface area contributed by atoms with E-state index in [9.17, 15) is 9.59 Å². The Morgan fingerprint density at radius 2 is 2.22 bits per heavy atom. The van der Waals surface area contributed by atoms with Crippen LogP contribution in [0.5, 0.6) is 0 Å². The van der Waals surface area contributed by atoms with Gasteiger partial charge in [-0.3, -0.25) is 4.79 Å². The van der Waals surface area contributed by atoms with Crippen LogP contribution in [-0.4, -0.2) is 42.7 Å². The van der Waals surface area contributed by atoms with Gasteiger partial charge in [0.25, 0.3) is 0 Å². The lowest BCUT2D eigenvalue weighted by atomic mass is 10.2. The molecule has 0 atom stereocenters. The van der Waals surface area contributed by atoms with Crippen LogP contribution in [0.15, 0.2) is 18.3 Å². The third-order valence-corrected chi connectivity index (χ3v) is 2.44. The van der Waals surface area contributed by atoms with E-state index in [0.29, 0.717) is 24.3 Å². The van der Waals surface area contributed by atoms with E-state index in [4.69, 9.17) is 5.11 Å². The maximum absolute atomic E-state index is 11.3. The molecule has 1 rings (SSSR count). The Morgan fingerprint density at radius 3 is 2.83 bits per heavy atom. The van der Waals surface area contributed by atoms with Gasteiger partial charge in [0.15, 0.2) is 0 Å². The molecule has 1 aromatic heterocycles. The second-order valence-electron chi connectivity index (χ2n) is 3.81. The summed E-state index contributed by atoms with van der Waals surface area (Å²) in [5.41, 5.74) is 0.424. The van der Waals surface area contributed by atoms with Crippen molar-refractivity contribution in [1.82, 2.24) is 4.98 Å². The minimum absolute atomic E-state index is 0.112. The van der Waals surface area contributed by atoms with Crippen LogP contribution in [0.4, 0.5) is 5.82 Å². The molecule has 0 aliphatic heterocycles. The van der Waals surface area contributed by atoms with Gasteiger partial charge in [0.05, 0.1) is 12.7 Å². The average Bonchev–Trinajstić information content (AvgIpc) is 2.37. The molecular weight excluding hydrogens is 236 g/mol. The van der Waals surface area contributed by atoms with Crippen LogP contribution >= 0.6 is 0 Å². The van der Waals surface area contributed by atoms with Gasteiger partial charge in [0.2, 0.25) is 0 Å². The smallest absolute Gasteiger partial charge is 0.338 e. The molecule has 18 heavy (non-hydrogen) atoms. The number of hydrogen-bond donors (Lipinski definition) is 1. The highest BCUT2D eigenvalue weighted by Crippen LogP contribution is 2.12. The fraction of sp³-hybridized carbons (Fsp3) is 0.417. The number of anilines is 1. The summed E-state index contributed by atoms with van der Waals surface area (Å²) < 4.78 is 4.62. The number of carboxylic acid groups (broad SMARTS) is 1. The Bertz CT molecular complexity index is 434. The molecule has 0 saturated carbocycles. The van der Waals surface area contributed by atoms with Gasteiger partial charge in [-0.1, -0.05) is 0 Å². The van der Waals surface area contributed by atoms with Crippen molar-refractivity contribution in [2.75, 3.05) is 25.6 Å². The van der Waals surface area contributed by atoms with Gasteiger partial charge in [-0.25, -0.2) is 9.78 Å². The number of hydrogen-bond acceptors (Lipinski definition) is 5. The molecule has 0 spiro atoms. The van der Waals surface area contributed by atoms with Gasteiger partial charge in [0.1, 0.15) is 5.82 Å². The zero-order valence-electron chi connectivity index (χ0n) is 10.4. The molecule has 1 heterocycles. The molecule has 0 fully saturated rings. The minimum atomic E-state index is -0.820. The van der Waals surface area contributed by atoms with Crippen molar-refractivity contribution < 1.29 is 19.4 Å². The lowest BCUT2D eigenvalue weighted by molar-refractivity contribution is -0.137. The second kappa shape index (κ2) is 6.58. The Labute approximate surface area is 105 Å². The number of rotatable bonds is 6. The highest BCUT2D eigenvalue weighted by molar-refractivity contribution is 5.90. The summed E-state index contributed by atoms with van der Waals surface area (Å²) in [6.45, 7) is 0.559. The first kappa shape index (κ1) is 14.0. The molecule has 0 saturated heterocycles. The first-order valence-electron chi connectivity index (χ1n) is 5.52. The van der Waals surface area contributed by atoms with E-state index in [1.165, 1.54) is 13.3 Å². The molecule has 1 N–H and O–H groups in total. The van der Waals surface area contributed by atoms with Crippen molar-refractivity contribution in [3.63, 3.8) is 0 Å². The zero-order chi connectivity index (χ0) is 13.5. The third-order valence-electron chi connectivity index (χ3n) is 2.44. The summed E-state index contributed by atoms with van der Waals surface area (Å²) in [7, 11) is 3.12. The molecule has 6 nitrogen and oxygen atoms in total. The van der Waals surface area contributed by atoms with Crippen molar-refractivity contribution in [2.45, 2.75) is 12.8 Å². The van der Waals surface area contributed by atoms with E-state index in [0.717, 1.165) is 0 Å². The van der Waals surface area contributed by atoms with Crippen molar-refractivity contribution in [1.29, 1.82) is 0 Å². The Morgan fingerprint density at radius 1 is 1.50 bits per heavy atom. The van der Waals surface area contributed by atoms with Crippen molar-refractivity contribution >= 4 is 17.8 Å². The fourth-order valence-corrected chi connectivity index (χ4v) is 1.45. The number of aromatic nitrogens is 1. The number of nitrogens with zero attached hydrogens (tertiary/aromatic N) is 2. The summed E-state index contributed by atoms with van der Waals surface area (Å²) in [4.78, 5) is 27.7. The normalized spacial score (nSPS) is 9.89. The van der Waals surface area contributed by atoms with Crippen molar-refractivity contribution in [3.05, 3.63) is 23.9 Å². The molecule has 0 unspecified atom stereocenters. The van der Waals surface area contributed by atoms with Crippen LogP contribution in [0, 0.1) is 0 Å². The monoisotopic (exact) mass is 252 g/mol. The number of ether oxygens (including phenoxy) is 1. The summed E-state index contributed by atoms with van der Waals surface area (Å²) in [5, 5.41) is 8.55. The molecule has 1 aromatic rings. The molecule has 0 aliphatic rings. The summed E-state index contributed by atoms with van der Waals surface area (Å²) in [6.07, 6.45) is 2.16. The number of esters is 1. The molecule has 0 bridgehead atoms. The zero-order valence-corrected chi connectivity index (χ0v) is 10.4. The van der Waals surface area contributed by atoms with Crippen LogP contribution in [0.1, 0.15) is 23.2 Å². The molecular formula is C12H16N2O4. The lowest BCUT2D eigenvalue weighted by Gasteiger charge is -2.17. The van der Waals surface area contributed by atoms with Crippen LogP contribution in [0.2, 0.25) is 0 Å². The lowest BCUT2D eigenvalue weighted by Crippen LogP contribution is -2.20. The highest BCUT2D eigenvalue weighted by Gasteiger charge is 2.09. The maximum Gasteiger partial charge on any atom is 0.338 e. The SMILES string of the molecule is COC(=O)c1ccnc(N(C)CCCC(=O)O)c1. The topological polar surface area (TPSA) is 79.7 Å². The van der Waals surface area contributed by atoms with Crippen LogP contribution in [0.25, 0.3) is 0 Å². The molecule has 6 heteroatoms. The van der Waals surface area contributed by atoms with Crippen LogP contribution < -0.4 is 4.90 Å².